The van der Waals surface area contributed by atoms with E-state index in [-0.39, 0.29) is 39.7 Å². The number of fused-ring (bicyclic) bond motifs is 1. The Morgan fingerprint density at radius 3 is 2.49 bits per heavy atom. The number of ether oxygens (including phenoxy) is 3. The molecule has 0 bridgehead atoms. The molecule has 53 heavy (non-hydrogen) atoms. The summed E-state index contributed by atoms with van der Waals surface area (Å²) in [4.78, 5) is 70.6. The molecule has 3 aromatic heterocycles. The molecule has 9 atom stereocenters. The zero-order chi connectivity index (χ0) is 38.9. The van der Waals surface area contributed by atoms with Gasteiger partial charge in [-0.2, -0.15) is 4.98 Å². The molecule has 3 aromatic rings. The number of rotatable bonds is 15. The topological polar surface area (TPSA) is 344 Å². The Hall–Kier alpha value is -2.74. The number of anilines is 2. The van der Waals surface area contributed by atoms with Crippen LogP contribution < -0.4 is 22.9 Å². The fourth-order valence-corrected chi connectivity index (χ4v) is 8.89. The van der Waals surface area contributed by atoms with E-state index in [4.69, 9.17) is 40.5 Å². The maximum absolute atomic E-state index is 13.3. The van der Waals surface area contributed by atoms with Crippen molar-refractivity contribution in [2.45, 2.75) is 81.0 Å². The number of nitrogen functional groups attached to an aromatic ring is 2. The summed E-state index contributed by atoms with van der Waals surface area (Å²) >= 11 is 0. The highest BCUT2D eigenvalue weighted by atomic mass is 33.1. The van der Waals surface area contributed by atoms with Gasteiger partial charge in [0.15, 0.2) is 23.8 Å². The Labute approximate surface area is 308 Å². The van der Waals surface area contributed by atoms with Crippen molar-refractivity contribution in [2.75, 3.05) is 30.4 Å². The van der Waals surface area contributed by atoms with Crippen LogP contribution in [0.2, 0.25) is 0 Å². The van der Waals surface area contributed by atoms with Crippen molar-refractivity contribution in [1.82, 2.24) is 29.1 Å². The third-order valence-corrected chi connectivity index (χ3v) is 12.4. The van der Waals surface area contributed by atoms with Crippen molar-refractivity contribution in [3.05, 3.63) is 35.4 Å². The molecular formula is C26H39N9O14P2S2. The zero-order valence-corrected chi connectivity index (χ0v) is 31.7. The van der Waals surface area contributed by atoms with Gasteiger partial charge in [0.25, 0.3) is 0 Å². The van der Waals surface area contributed by atoms with Gasteiger partial charge in [-0.25, -0.2) is 28.9 Å². The number of esters is 1. The van der Waals surface area contributed by atoms with E-state index in [0.29, 0.717) is 0 Å². The number of nitrogens with zero attached hydrogens (tertiary/aromatic N) is 6. The second-order valence-corrected chi connectivity index (χ2v) is 18.5. The van der Waals surface area contributed by atoms with Gasteiger partial charge in [-0.3, -0.25) is 27.5 Å². The lowest BCUT2D eigenvalue weighted by Crippen LogP contribution is -2.43. The van der Waals surface area contributed by atoms with E-state index in [1.54, 1.807) is 0 Å². The molecule has 2 aliphatic rings. The summed E-state index contributed by atoms with van der Waals surface area (Å²) < 4.78 is 59.3. The van der Waals surface area contributed by atoms with Gasteiger partial charge in [0.05, 0.1) is 19.5 Å². The van der Waals surface area contributed by atoms with Gasteiger partial charge in [0.2, 0.25) is 0 Å². The average Bonchev–Trinajstić information content (AvgIpc) is 3.74. The van der Waals surface area contributed by atoms with E-state index in [1.165, 1.54) is 44.7 Å². The molecule has 2 aliphatic heterocycles. The molecular weight excluding hydrogens is 788 g/mol. The zero-order valence-electron chi connectivity index (χ0n) is 28.3. The predicted octanol–water partition coefficient (Wildman–Crippen LogP) is -0.176. The van der Waals surface area contributed by atoms with Crippen molar-refractivity contribution in [1.29, 1.82) is 0 Å². The number of phosphoric ester groups is 2. The summed E-state index contributed by atoms with van der Waals surface area (Å²) in [6.07, 6.45) is -6.53. The molecule has 5 heterocycles. The number of aromatic nitrogens is 6. The summed E-state index contributed by atoms with van der Waals surface area (Å²) in [6.45, 7) is 4.33. The highest BCUT2D eigenvalue weighted by Crippen LogP contribution is 2.50. The molecule has 0 saturated carbocycles. The first-order valence-corrected chi connectivity index (χ1v) is 20.9. The molecule has 5 unspecified atom stereocenters. The molecule has 0 amide bonds. The van der Waals surface area contributed by atoms with Crippen molar-refractivity contribution < 1.29 is 61.5 Å². The maximum atomic E-state index is 13.3. The molecule has 294 valence electrons. The Kier molecular flexibility index (Phi) is 12.9. The van der Waals surface area contributed by atoms with Gasteiger partial charge < -0.3 is 51.2 Å². The smallest absolute Gasteiger partial charge is 0.455 e. The molecule has 27 heteroatoms. The lowest BCUT2D eigenvalue weighted by Gasteiger charge is -2.24. The highest BCUT2D eigenvalue weighted by molar-refractivity contribution is 8.77. The normalized spacial score (nSPS) is 26.8. The van der Waals surface area contributed by atoms with Gasteiger partial charge in [-0.1, -0.05) is 42.4 Å². The molecule has 10 N–H and O–H groups in total. The second kappa shape index (κ2) is 16.5. The van der Waals surface area contributed by atoms with Gasteiger partial charge in [0.1, 0.15) is 54.3 Å². The summed E-state index contributed by atoms with van der Waals surface area (Å²) in [5.41, 5.74) is 17.0. The number of nitrogens with two attached hydrogens (primary N) is 3. The third-order valence-electron chi connectivity index (χ3n) is 7.50. The van der Waals surface area contributed by atoms with E-state index in [2.05, 4.69) is 24.5 Å². The summed E-state index contributed by atoms with van der Waals surface area (Å²) in [6, 6.07) is 0.167. The fourth-order valence-electron chi connectivity index (χ4n) is 5.18. The molecule has 5 rings (SSSR count). The number of aliphatic hydroxyl groups is 1. The summed E-state index contributed by atoms with van der Waals surface area (Å²) in [7, 11) is -7.31. The van der Waals surface area contributed by atoms with E-state index < -0.39 is 89.5 Å². The van der Waals surface area contributed by atoms with E-state index >= 15 is 0 Å². The van der Waals surface area contributed by atoms with E-state index in [9.17, 15) is 38.5 Å². The van der Waals surface area contributed by atoms with Crippen molar-refractivity contribution in [2.24, 2.45) is 5.73 Å². The summed E-state index contributed by atoms with van der Waals surface area (Å²) in [5.74, 6) is -0.784. The Balaban J connectivity index is 1.33. The first-order chi connectivity index (χ1) is 24.7. The lowest BCUT2D eigenvalue weighted by molar-refractivity contribution is -0.157. The molecule has 0 radical (unpaired) electrons. The SMILES string of the molecule is CC(C)(C)SSC[C@H](N)C(=O)OC1C(COP(=O)(O)O[C@H]2C[C@H](n3ccc(N)nc3=O)O[C@@H]2COP(=O)(O)O)OC(n2cnc3c(N)ncnc32)C1O. The number of imidazole rings is 1. The van der Waals surface area contributed by atoms with Crippen LogP contribution in [0.3, 0.4) is 0 Å². The molecule has 0 aliphatic carbocycles. The largest absolute Gasteiger partial charge is 0.472 e. The second-order valence-electron chi connectivity index (χ2n) is 12.7. The molecule has 0 spiro atoms. The van der Waals surface area contributed by atoms with Crippen LogP contribution in [0.25, 0.3) is 11.2 Å². The van der Waals surface area contributed by atoms with Crippen LogP contribution in [0.4, 0.5) is 11.6 Å². The molecule has 2 fully saturated rings. The van der Waals surface area contributed by atoms with Gasteiger partial charge in [-0.15, -0.1) is 0 Å². The van der Waals surface area contributed by atoms with Crippen molar-refractivity contribution >= 4 is 66.0 Å². The molecule has 0 aromatic carbocycles. The number of aliphatic hydroxyl groups excluding tert-OH is 1. The number of carbonyl (C=O) groups is 1. The lowest BCUT2D eigenvalue weighted by atomic mass is 10.1. The van der Waals surface area contributed by atoms with Gasteiger partial charge in [0, 0.05) is 23.1 Å². The number of hydrogen-bond donors (Lipinski definition) is 7. The number of carbonyl (C=O) groups excluding carboxylic acids is 1. The predicted molar refractivity (Wildman–Crippen MR) is 187 cm³/mol. The fraction of sp³-hybridized carbons (Fsp3) is 0.615. The Morgan fingerprint density at radius 2 is 1.81 bits per heavy atom. The van der Waals surface area contributed by atoms with E-state index in [1.807, 2.05) is 20.8 Å². The Bertz CT molecular complexity index is 1930. The third kappa shape index (κ3) is 10.7. The monoisotopic (exact) mass is 827 g/mol. The van der Waals surface area contributed by atoms with Crippen LogP contribution in [-0.4, -0.2) is 115 Å². The molecule has 23 nitrogen and oxygen atoms in total. The van der Waals surface area contributed by atoms with Crippen LogP contribution in [0.5, 0.6) is 0 Å². The molecule has 2 saturated heterocycles. The Morgan fingerprint density at radius 1 is 1.09 bits per heavy atom. The minimum Gasteiger partial charge on any atom is -0.455 e. The van der Waals surface area contributed by atoms with Crippen LogP contribution >= 0.6 is 37.2 Å². The first kappa shape index (κ1) is 41.4. The number of hydrogen-bond acceptors (Lipinski definition) is 20. The van der Waals surface area contributed by atoms with Crippen LogP contribution in [-0.2, 0) is 41.7 Å². The maximum Gasteiger partial charge on any atom is 0.472 e. The van der Waals surface area contributed by atoms with Crippen molar-refractivity contribution in [3.8, 4) is 0 Å². The standard InChI is InChI=1S/C26H39N9O14P2S2/c1-26(2,3)53-52-9-12(27)24(37)48-20-15(47-23(19(20)36)35-11-32-18-21(29)30-10-31-22(18)35)8-45-51(42,43)49-13-6-17(34-5-4-16(28)33-25(34)38)46-14(13)7-44-50(39,40)41/h4-5,10-15,17,19-20,23,36H,6-9,27H2,1-3H3,(H,42,43)(H2,28,33,38)(H2,29,30,31)(H2,39,40,41)/t12-,13-,14+,15?,17+,19?,20?,23?/m0/s1. The van der Waals surface area contributed by atoms with Crippen LogP contribution in [0.1, 0.15) is 39.6 Å². The van der Waals surface area contributed by atoms with Gasteiger partial charge >= 0.3 is 27.3 Å². The summed E-state index contributed by atoms with van der Waals surface area (Å²) in [5, 5.41) is 11.4. The highest BCUT2D eigenvalue weighted by Gasteiger charge is 2.50. The minimum absolute atomic E-state index is 0.0410. The van der Waals surface area contributed by atoms with Crippen LogP contribution in [0, 0.1) is 0 Å². The minimum atomic E-state index is -5.13. The quantitative estimate of drug-likeness (QED) is 0.0593. The van der Waals surface area contributed by atoms with E-state index in [0.717, 1.165) is 10.9 Å². The van der Waals surface area contributed by atoms with Gasteiger partial charge in [-0.05, 0) is 6.07 Å². The first-order valence-electron chi connectivity index (χ1n) is 15.6. The number of phosphoric acid groups is 2. The van der Waals surface area contributed by atoms with Crippen molar-refractivity contribution in [3.63, 3.8) is 0 Å². The average molecular weight is 828 g/mol. The van der Waals surface area contributed by atoms with Crippen LogP contribution in [0.15, 0.2) is 29.7 Å².